The van der Waals surface area contributed by atoms with Gasteiger partial charge in [-0.05, 0) is 17.5 Å². The van der Waals surface area contributed by atoms with E-state index in [1.807, 2.05) is 6.07 Å². The fraction of sp³-hybridized carbons (Fsp3) is 0.467. The molecule has 6 heteroatoms. The lowest BCUT2D eigenvalue weighted by atomic mass is 9.86. The average Bonchev–Trinajstić information content (AvgIpc) is 2.42. The summed E-state index contributed by atoms with van der Waals surface area (Å²) >= 11 is 0. The van der Waals surface area contributed by atoms with Gasteiger partial charge in [0.1, 0.15) is 12.6 Å². The number of rotatable bonds is 3. The van der Waals surface area contributed by atoms with Crippen molar-refractivity contribution in [1.29, 1.82) is 0 Å². The van der Waals surface area contributed by atoms with Gasteiger partial charge in [-0.25, -0.2) is 4.79 Å². The van der Waals surface area contributed by atoms with E-state index in [0.29, 0.717) is 11.5 Å². The first kappa shape index (κ1) is 15.2. The lowest BCUT2D eigenvalue weighted by Gasteiger charge is -2.31. The van der Waals surface area contributed by atoms with Crippen molar-refractivity contribution in [2.45, 2.75) is 32.9 Å². The SMILES string of the molecule is CC(C)(C)C(NC(=O)C1COc2ccccc2O1)C(=O)O. The van der Waals surface area contributed by atoms with Gasteiger partial charge in [0.2, 0.25) is 6.10 Å². The lowest BCUT2D eigenvalue weighted by molar-refractivity contribution is -0.146. The van der Waals surface area contributed by atoms with Gasteiger partial charge in [0.05, 0.1) is 0 Å². The molecule has 2 unspecified atom stereocenters. The fourth-order valence-electron chi connectivity index (χ4n) is 2.03. The van der Waals surface area contributed by atoms with Gasteiger partial charge in [0, 0.05) is 0 Å². The molecular weight excluding hydrogens is 274 g/mol. The standard InChI is InChI=1S/C15H19NO5/c1-15(2,3)12(14(18)19)16-13(17)11-8-20-9-6-4-5-7-10(9)21-11/h4-7,11-12H,8H2,1-3H3,(H,16,17)(H,18,19). The van der Waals surface area contributed by atoms with Crippen molar-refractivity contribution in [3.8, 4) is 11.5 Å². The molecule has 0 saturated carbocycles. The Hall–Kier alpha value is -2.24. The smallest absolute Gasteiger partial charge is 0.326 e. The molecule has 0 fully saturated rings. The van der Waals surface area contributed by atoms with Gasteiger partial charge < -0.3 is 19.9 Å². The number of carboxylic acids is 1. The second kappa shape index (κ2) is 5.63. The Morgan fingerprint density at radius 3 is 2.48 bits per heavy atom. The van der Waals surface area contributed by atoms with Crippen LogP contribution in [0, 0.1) is 5.41 Å². The predicted octanol–water partition coefficient (Wildman–Crippen LogP) is 1.44. The Morgan fingerprint density at radius 2 is 1.90 bits per heavy atom. The number of fused-ring (bicyclic) bond motifs is 1. The number of ether oxygens (including phenoxy) is 2. The maximum Gasteiger partial charge on any atom is 0.326 e. The molecule has 0 bridgehead atoms. The zero-order valence-electron chi connectivity index (χ0n) is 12.3. The quantitative estimate of drug-likeness (QED) is 0.881. The Balaban J connectivity index is 2.06. The number of carbonyl (C=O) groups excluding carboxylic acids is 1. The molecule has 0 saturated heterocycles. The van der Waals surface area contributed by atoms with E-state index in [1.165, 1.54) is 0 Å². The van der Waals surface area contributed by atoms with Crippen LogP contribution in [0.25, 0.3) is 0 Å². The van der Waals surface area contributed by atoms with E-state index in [-0.39, 0.29) is 6.61 Å². The molecule has 1 heterocycles. The van der Waals surface area contributed by atoms with Gasteiger partial charge in [-0.1, -0.05) is 32.9 Å². The van der Waals surface area contributed by atoms with Crippen molar-refractivity contribution in [2.75, 3.05) is 6.61 Å². The van der Waals surface area contributed by atoms with Gasteiger partial charge in [-0.3, -0.25) is 4.79 Å². The summed E-state index contributed by atoms with van der Waals surface area (Å²) in [6.07, 6.45) is -0.857. The van der Waals surface area contributed by atoms with Gasteiger partial charge in [0.15, 0.2) is 11.5 Å². The highest BCUT2D eigenvalue weighted by Crippen LogP contribution is 2.31. The minimum Gasteiger partial charge on any atom is -0.485 e. The number of amides is 1. The van der Waals surface area contributed by atoms with Crippen molar-refractivity contribution in [3.05, 3.63) is 24.3 Å². The summed E-state index contributed by atoms with van der Waals surface area (Å²) in [5, 5.41) is 11.7. The summed E-state index contributed by atoms with van der Waals surface area (Å²) in [5.74, 6) is -0.515. The van der Waals surface area contributed by atoms with Gasteiger partial charge >= 0.3 is 5.97 Å². The summed E-state index contributed by atoms with van der Waals surface area (Å²) in [4.78, 5) is 23.5. The highest BCUT2D eigenvalue weighted by molar-refractivity contribution is 5.87. The van der Waals surface area contributed by atoms with Crippen molar-refractivity contribution in [3.63, 3.8) is 0 Å². The largest absolute Gasteiger partial charge is 0.485 e. The zero-order chi connectivity index (χ0) is 15.6. The van der Waals surface area contributed by atoms with Crippen LogP contribution in [-0.4, -0.2) is 35.7 Å². The molecule has 1 amide bonds. The molecule has 0 aliphatic carbocycles. The number of carbonyl (C=O) groups is 2. The number of aliphatic carboxylic acids is 1. The van der Waals surface area contributed by atoms with Crippen LogP contribution in [0.15, 0.2) is 24.3 Å². The number of hydrogen-bond acceptors (Lipinski definition) is 4. The van der Waals surface area contributed by atoms with E-state index in [1.54, 1.807) is 39.0 Å². The molecule has 1 aromatic rings. The molecule has 21 heavy (non-hydrogen) atoms. The Morgan fingerprint density at radius 1 is 1.29 bits per heavy atom. The minimum atomic E-state index is -1.08. The number of benzene rings is 1. The van der Waals surface area contributed by atoms with Crippen LogP contribution in [-0.2, 0) is 9.59 Å². The van der Waals surface area contributed by atoms with Crippen LogP contribution in [0.3, 0.4) is 0 Å². The molecule has 6 nitrogen and oxygen atoms in total. The van der Waals surface area contributed by atoms with E-state index in [4.69, 9.17) is 9.47 Å². The topological polar surface area (TPSA) is 84.9 Å². The van der Waals surface area contributed by atoms with Crippen LogP contribution in [0.4, 0.5) is 0 Å². The summed E-state index contributed by atoms with van der Waals surface area (Å²) in [7, 11) is 0. The van der Waals surface area contributed by atoms with Crippen molar-refractivity contribution >= 4 is 11.9 Å². The van der Waals surface area contributed by atoms with E-state index in [0.717, 1.165) is 0 Å². The fourth-order valence-corrected chi connectivity index (χ4v) is 2.03. The zero-order valence-corrected chi connectivity index (χ0v) is 12.3. The number of carboxylic acid groups (broad SMARTS) is 1. The van der Waals surface area contributed by atoms with E-state index >= 15 is 0 Å². The Bertz CT molecular complexity index is 549. The summed E-state index contributed by atoms with van der Waals surface area (Å²) in [5.41, 5.74) is -0.602. The van der Waals surface area contributed by atoms with Crippen LogP contribution in [0.5, 0.6) is 11.5 Å². The number of para-hydroxylation sites is 2. The van der Waals surface area contributed by atoms with Crippen molar-refractivity contribution < 1.29 is 24.2 Å². The molecular formula is C15H19NO5. The Kier molecular flexibility index (Phi) is 4.06. The first-order valence-corrected chi connectivity index (χ1v) is 6.70. The van der Waals surface area contributed by atoms with E-state index in [9.17, 15) is 14.7 Å². The maximum absolute atomic E-state index is 12.2. The molecule has 1 aliphatic heterocycles. The van der Waals surface area contributed by atoms with Gasteiger partial charge in [-0.15, -0.1) is 0 Å². The molecule has 0 aromatic heterocycles. The maximum atomic E-state index is 12.2. The van der Waals surface area contributed by atoms with Crippen molar-refractivity contribution in [2.24, 2.45) is 5.41 Å². The highest BCUT2D eigenvalue weighted by Gasteiger charge is 2.36. The average molecular weight is 293 g/mol. The Labute approximate surface area is 123 Å². The molecule has 2 N–H and O–H groups in total. The summed E-state index contributed by atoms with van der Waals surface area (Å²) in [6, 6.07) is 6.04. The van der Waals surface area contributed by atoms with Crippen molar-refractivity contribution in [1.82, 2.24) is 5.32 Å². The molecule has 1 aromatic carbocycles. The predicted molar refractivity (Wildman–Crippen MR) is 75.4 cm³/mol. The number of nitrogens with one attached hydrogen (secondary N) is 1. The molecule has 2 atom stereocenters. The second-order valence-corrected chi connectivity index (χ2v) is 6.01. The highest BCUT2D eigenvalue weighted by atomic mass is 16.6. The molecule has 0 radical (unpaired) electrons. The first-order valence-electron chi connectivity index (χ1n) is 6.70. The molecule has 2 rings (SSSR count). The minimum absolute atomic E-state index is 0.0549. The van der Waals surface area contributed by atoms with Crippen LogP contribution in [0.1, 0.15) is 20.8 Å². The molecule has 1 aliphatic rings. The summed E-state index contributed by atoms with van der Waals surface area (Å²) < 4.78 is 11.0. The second-order valence-electron chi connectivity index (χ2n) is 6.01. The van der Waals surface area contributed by atoms with E-state index in [2.05, 4.69) is 5.32 Å². The lowest BCUT2D eigenvalue weighted by Crippen LogP contribution is -2.54. The van der Waals surface area contributed by atoms with Gasteiger partial charge in [0.25, 0.3) is 5.91 Å². The molecule has 0 spiro atoms. The summed E-state index contributed by atoms with van der Waals surface area (Å²) in [6.45, 7) is 5.30. The normalized spacial score (nSPS) is 18.7. The van der Waals surface area contributed by atoms with Gasteiger partial charge in [-0.2, -0.15) is 0 Å². The molecule has 114 valence electrons. The third-order valence-corrected chi connectivity index (χ3v) is 3.20. The van der Waals surface area contributed by atoms with Crippen LogP contribution < -0.4 is 14.8 Å². The van der Waals surface area contributed by atoms with E-state index < -0.39 is 29.4 Å². The monoisotopic (exact) mass is 293 g/mol. The van der Waals surface area contributed by atoms with Crippen LogP contribution >= 0.6 is 0 Å². The first-order chi connectivity index (χ1) is 9.79. The third kappa shape index (κ3) is 3.45. The third-order valence-electron chi connectivity index (χ3n) is 3.20. The van der Waals surface area contributed by atoms with Crippen LogP contribution in [0.2, 0.25) is 0 Å². The number of hydrogen-bond donors (Lipinski definition) is 2.